The van der Waals surface area contributed by atoms with Gasteiger partial charge in [0.05, 0.1) is 6.07 Å². The molecule has 0 aliphatic carbocycles. The summed E-state index contributed by atoms with van der Waals surface area (Å²) in [6.07, 6.45) is 4.96. The van der Waals surface area contributed by atoms with E-state index in [0.717, 1.165) is 25.8 Å². The molecule has 0 N–H and O–H groups in total. The summed E-state index contributed by atoms with van der Waals surface area (Å²) in [7, 11) is 0. The van der Waals surface area contributed by atoms with Gasteiger partial charge in [0, 0.05) is 6.54 Å². The zero-order valence-corrected chi connectivity index (χ0v) is 6.67. The van der Waals surface area contributed by atoms with Crippen molar-refractivity contribution in [3.63, 3.8) is 0 Å². The van der Waals surface area contributed by atoms with Crippen molar-refractivity contribution in [2.24, 2.45) is 0 Å². The summed E-state index contributed by atoms with van der Waals surface area (Å²) >= 11 is 0. The first-order valence-corrected chi connectivity index (χ1v) is 3.81. The monoisotopic (exact) mass is 149 g/mol. The van der Waals surface area contributed by atoms with E-state index in [-0.39, 0.29) is 0 Å². The van der Waals surface area contributed by atoms with Crippen LogP contribution in [0.1, 0.15) is 26.2 Å². The molecule has 58 valence electrons. The molecule has 1 unspecified atom stereocenters. The van der Waals surface area contributed by atoms with Crippen molar-refractivity contribution in [2.45, 2.75) is 31.7 Å². The lowest BCUT2D eigenvalue weighted by Gasteiger charge is -2.35. The van der Waals surface area contributed by atoms with Crippen LogP contribution in [0.2, 0.25) is 0 Å². The van der Waals surface area contributed by atoms with Crippen molar-refractivity contribution in [1.29, 1.82) is 10.5 Å². The lowest BCUT2D eigenvalue weighted by molar-refractivity contribution is 0.177. The Morgan fingerprint density at radius 3 is 2.55 bits per heavy atom. The molecule has 11 heavy (non-hydrogen) atoms. The second kappa shape index (κ2) is 2.80. The predicted molar refractivity (Wildman–Crippen MR) is 40.2 cm³/mol. The highest BCUT2D eigenvalue weighted by Crippen LogP contribution is 2.25. The van der Waals surface area contributed by atoms with Gasteiger partial charge >= 0.3 is 0 Å². The van der Waals surface area contributed by atoms with Gasteiger partial charge in [-0.25, -0.2) is 0 Å². The SMILES string of the molecule is CC1(C#N)CCCCN1C#N. The Hall–Kier alpha value is -1.22. The molecule has 0 radical (unpaired) electrons. The lowest BCUT2D eigenvalue weighted by atomic mass is 9.91. The van der Waals surface area contributed by atoms with Crippen LogP contribution in [0.25, 0.3) is 0 Å². The molecule has 0 aromatic heterocycles. The maximum absolute atomic E-state index is 8.81. The van der Waals surface area contributed by atoms with Gasteiger partial charge in [-0.3, -0.25) is 4.90 Å². The summed E-state index contributed by atoms with van der Waals surface area (Å²) in [4.78, 5) is 1.58. The molecular formula is C8H11N3. The molecule has 0 saturated carbocycles. The van der Waals surface area contributed by atoms with Crippen molar-refractivity contribution in [3.8, 4) is 12.3 Å². The number of hydrogen-bond donors (Lipinski definition) is 0. The van der Waals surface area contributed by atoms with Crippen LogP contribution in [-0.2, 0) is 0 Å². The fourth-order valence-electron chi connectivity index (χ4n) is 1.40. The largest absolute Gasteiger partial charge is 0.291 e. The second-order valence-electron chi connectivity index (χ2n) is 3.09. The Balaban J connectivity index is 2.77. The van der Waals surface area contributed by atoms with Crippen molar-refractivity contribution in [2.75, 3.05) is 6.54 Å². The van der Waals surface area contributed by atoms with E-state index >= 15 is 0 Å². The summed E-state index contributed by atoms with van der Waals surface area (Å²) in [6, 6.07) is 2.18. The second-order valence-corrected chi connectivity index (χ2v) is 3.09. The van der Waals surface area contributed by atoms with E-state index in [0.29, 0.717) is 0 Å². The Morgan fingerprint density at radius 1 is 1.36 bits per heavy atom. The van der Waals surface area contributed by atoms with Crippen LogP contribution in [-0.4, -0.2) is 17.0 Å². The first-order chi connectivity index (χ1) is 5.23. The molecule has 0 aromatic rings. The molecule has 1 atom stereocenters. The zero-order valence-electron chi connectivity index (χ0n) is 6.67. The molecule has 1 heterocycles. The number of hydrogen-bond acceptors (Lipinski definition) is 3. The molecule has 0 amide bonds. The van der Waals surface area contributed by atoms with Gasteiger partial charge < -0.3 is 0 Å². The van der Waals surface area contributed by atoms with Crippen molar-refractivity contribution >= 4 is 0 Å². The lowest BCUT2D eigenvalue weighted by Crippen LogP contribution is -2.45. The average molecular weight is 149 g/mol. The Morgan fingerprint density at radius 2 is 2.09 bits per heavy atom. The molecule has 1 aliphatic rings. The summed E-state index contributed by atoms with van der Waals surface area (Å²) in [5.41, 5.74) is -0.535. The van der Waals surface area contributed by atoms with E-state index in [9.17, 15) is 0 Å². The number of rotatable bonds is 0. The molecule has 1 rings (SSSR count). The standard InChI is InChI=1S/C8H11N3/c1-8(6-9)4-2-3-5-11(8)7-10/h2-5H2,1H3. The van der Waals surface area contributed by atoms with E-state index in [1.54, 1.807) is 4.90 Å². The van der Waals surface area contributed by atoms with Crippen LogP contribution in [0.5, 0.6) is 0 Å². The summed E-state index contributed by atoms with van der Waals surface area (Å²) < 4.78 is 0. The van der Waals surface area contributed by atoms with E-state index < -0.39 is 5.54 Å². The summed E-state index contributed by atoms with van der Waals surface area (Å²) in [5.74, 6) is 0. The third-order valence-corrected chi connectivity index (χ3v) is 2.25. The fraction of sp³-hybridized carbons (Fsp3) is 0.750. The number of piperidine rings is 1. The van der Waals surface area contributed by atoms with Gasteiger partial charge in [0.1, 0.15) is 5.54 Å². The van der Waals surface area contributed by atoms with Gasteiger partial charge in [0.2, 0.25) is 0 Å². The molecule has 1 fully saturated rings. The molecule has 3 nitrogen and oxygen atoms in total. The third-order valence-electron chi connectivity index (χ3n) is 2.25. The number of nitrogens with zero attached hydrogens (tertiary/aromatic N) is 3. The topological polar surface area (TPSA) is 50.8 Å². The van der Waals surface area contributed by atoms with Gasteiger partial charge in [-0.05, 0) is 26.2 Å². The minimum atomic E-state index is -0.535. The van der Waals surface area contributed by atoms with E-state index in [1.807, 2.05) is 6.92 Å². The van der Waals surface area contributed by atoms with Gasteiger partial charge in [0.25, 0.3) is 0 Å². The highest BCUT2D eigenvalue weighted by Gasteiger charge is 2.33. The highest BCUT2D eigenvalue weighted by molar-refractivity contribution is 5.10. The Labute approximate surface area is 66.8 Å². The Bertz CT molecular complexity index is 222. The first-order valence-electron chi connectivity index (χ1n) is 3.81. The molecular weight excluding hydrogens is 138 g/mol. The normalized spacial score (nSPS) is 30.6. The van der Waals surface area contributed by atoms with E-state index in [1.165, 1.54) is 0 Å². The molecule has 0 aromatic carbocycles. The fourth-order valence-corrected chi connectivity index (χ4v) is 1.40. The molecule has 1 saturated heterocycles. The van der Waals surface area contributed by atoms with Crippen LogP contribution < -0.4 is 0 Å². The predicted octanol–water partition coefficient (Wildman–Crippen LogP) is 1.24. The minimum absolute atomic E-state index is 0.535. The Kier molecular flexibility index (Phi) is 2.01. The van der Waals surface area contributed by atoms with Crippen molar-refractivity contribution < 1.29 is 0 Å². The van der Waals surface area contributed by atoms with Crippen LogP contribution in [0, 0.1) is 22.8 Å². The van der Waals surface area contributed by atoms with Gasteiger partial charge in [0.15, 0.2) is 6.19 Å². The first kappa shape index (κ1) is 7.88. The third kappa shape index (κ3) is 1.28. The quantitative estimate of drug-likeness (QED) is 0.487. The van der Waals surface area contributed by atoms with Crippen LogP contribution in [0.3, 0.4) is 0 Å². The van der Waals surface area contributed by atoms with Crippen LogP contribution >= 0.6 is 0 Å². The molecule has 3 heteroatoms. The minimum Gasteiger partial charge on any atom is -0.291 e. The van der Waals surface area contributed by atoms with Gasteiger partial charge in [-0.15, -0.1) is 0 Å². The molecule has 0 bridgehead atoms. The highest BCUT2D eigenvalue weighted by atomic mass is 15.2. The smallest absolute Gasteiger partial charge is 0.180 e. The van der Waals surface area contributed by atoms with E-state index in [2.05, 4.69) is 12.3 Å². The van der Waals surface area contributed by atoms with Crippen LogP contribution in [0.15, 0.2) is 0 Å². The molecule has 1 aliphatic heterocycles. The van der Waals surface area contributed by atoms with E-state index in [4.69, 9.17) is 10.5 Å². The van der Waals surface area contributed by atoms with Gasteiger partial charge in [-0.1, -0.05) is 0 Å². The average Bonchev–Trinajstić information content (AvgIpc) is 2.05. The van der Waals surface area contributed by atoms with Crippen molar-refractivity contribution in [3.05, 3.63) is 0 Å². The van der Waals surface area contributed by atoms with Crippen LogP contribution in [0.4, 0.5) is 0 Å². The summed E-state index contributed by atoms with van der Waals surface area (Å²) in [5, 5.41) is 17.5. The maximum atomic E-state index is 8.81. The maximum Gasteiger partial charge on any atom is 0.180 e. The zero-order chi connectivity index (χ0) is 8.32. The van der Waals surface area contributed by atoms with Gasteiger partial charge in [-0.2, -0.15) is 10.5 Å². The summed E-state index contributed by atoms with van der Waals surface area (Å²) in [6.45, 7) is 2.57. The number of likely N-dealkylation sites (tertiary alicyclic amines) is 1. The number of nitriles is 2. The van der Waals surface area contributed by atoms with Crippen molar-refractivity contribution in [1.82, 2.24) is 4.90 Å². The molecule has 0 spiro atoms.